The van der Waals surface area contributed by atoms with Gasteiger partial charge in [-0.25, -0.2) is 0 Å². The van der Waals surface area contributed by atoms with Gasteiger partial charge in [-0.15, -0.1) is 0 Å². The third kappa shape index (κ3) is 3.62. The van der Waals surface area contributed by atoms with Crippen LogP contribution >= 0.6 is 11.6 Å². The van der Waals surface area contributed by atoms with Crippen LogP contribution in [-0.2, 0) is 16.0 Å². The maximum absolute atomic E-state index is 12.3. The molecule has 0 aliphatic carbocycles. The van der Waals surface area contributed by atoms with E-state index in [0.717, 1.165) is 5.56 Å². The molecule has 0 radical (unpaired) electrons. The highest BCUT2D eigenvalue weighted by atomic mass is 35.5. The number of aliphatic hydroxyl groups excluding tert-OH is 1. The molecule has 0 aromatic heterocycles. The highest BCUT2D eigenvalue weighted by molar-refractivity contribution is 6.30. The molecule has 1 aliphatic heterocycles. The largest absolute Gasteiger partial charge is 0.496 e. The number of hydrogen-bond acceptors (Lipinski definition) is 4. The first-order valence-corrected chi connectivity index (χ1v) is 6.84. The summed E-state index contributed by atoms with van der Waals surface area (Å²) in [6, 6.07) is 5.22. The normalized spacial score (nSPS) is 18.9. The van der Waals surface area contributed by atoms with E-state index >= 15 is 0 Å². The predicted octanol–water partition coefficient (Wildman–Crippen LogP) is 1.11. The van der Waals surface area contributed by atoms with Gasteiger partial charge >= 0.3 is 0 Å². The average Bonchev–Trinajstić information content (AvgIpc) is 2.47. The quantitative estimate of drug-likeness (QED) is 0.905. The minimum absolute atomic E-state index is 0.0210. The van der Waals surface area contributed by atoms with E-state index in [1.807, 2.05) is 0 Å². The molecule has 1 saturated heterocycles. The molecule has 1 heterocycles. The van der Waals surface area contributed by atoms with Crippen molar-refractivity contribution in [3.63, 3.8) is 0 Å². The van der Waals surface area contributed by atoms with E-state index in [2.05, 4.69) is 0 Å². The smallest absolute Gasteiger partial charge is 0.227 e. The number of amides is 1. The molecule has 0 saturated carbocycles. The first kappa shape index (κ1) is 15.1. The van der Waals surface area contributed by atoms with Crippen LogP contribution in [0, 0.1) is 0 Å². The number of hydrogen-bond donors (Lipinski definition) is 1. The summed E-state index contributed by atoms with van der Waals surface area (Å²) >= 11 is 5.96. The summed E-state index contributed by atoms with van der Waals surface area (Å²) < 4.78 is 10.6. The summed E-state index contributed by atoms with van der Waals surface area (Å²) in [7, 11) is 1.56. The van der Waals surface area contributed by atoms with Gasteiger partial charge in [0.15, 0.2) is 0 Å². The van der Waals surface area contributed by atoms with Gasteiger partial charge in [0.05, 0.1) is 32.8 Å². The van der Waals surface area contributed by atoms with E-state index in [1.54, 1.807) is 30.2 Å². The first-order valence-electron chi connectivity index (χ1n) is 6.46. The fraction of sp³-hybridized carbons (Fsp3) is 0.500. The number of aliphatic hydroxyl groups is 1. The Balaban J connectivity index is 2.05. The third-order valence-electron chi connectivity index (χ3n) is 3.28. The Labute approximate surface area is 123 Å². The van der Waals surface area contributed by atoms with Crippen molar-refractivity contribution < 1.29 is 19.4 Å². The average molecular weight is 300 g/mol. The van der Waals surface area contributed by atoms with Crippen LogP contribution in [0.25, 0.3) is 0 Å². The number of methoxy groups -OCH3 is 1. The molecule has 0 spiro atoms. The van der Waals surface area contributed by atoms with Crippen LogP contribution in [0.1, 0.15) is 5.56 Å². The molecular formula is C14H18ClNO4. The molecule has 1 aliphatic rings. The Morgan fingerprint density at radius 3 is 3.10 bits per heavy atom. The molecule has 1 N–H and O–H groups in total. The van der Waals surface area contributed by atoms with Crippen molar-refractivity contribution in [3.8, 4) is 5.75 Å². The van der Waals surface area contributed by atoms with Crippen molar-refractivity contribution in [1.82, 2.24) is 4.90 Å². The zero-order valence-corrected chi connectivity index (χ0v) is 12.1. The van der Waals surface area contributed by atoms with E-state index in [-0.39, 0.29) is 25.0 Å². The Bertz CT molecular complexity index is 480. The van der Waals surface area contributed by atoms with Crippen molar-refractivity contribution in [2.75, 3.05) is 33.4 Å². The molecule has 6 heteroatoms. The number of carbonyl (C=O) groups excluding carboxylic acids is 1. The molecule has 1 unspecified atom stereocenters. The number of morpholine rings is 1. The number of carbonyl (C=O) groups is 1. The van der Waals surface area contributed by atoms with Gasteiger partial charge in [-0.05, 0) is 18.2 Å². The topological polar surface area (TPSA) is 59.0 Å². The second-order valence-electron chi connectivity index (χ2n) is 4.65. The minimum Gasteiger partial charge on any atom is -0.496 e. The molecule has 0 bridgehead atoms. The van der Waals surface area contributed by atoms with Gasteiger partial charge in [-0.1, -0.05) is 11.6 Å². The van der Waals surface area contributed by atoms with Gasteiger partial charge in [-0.3, -0.25) is 4.79 Å². The van der Waals surface area contributed by atoms with Crippen LogP contribution in [0.15, 0.2) is 18.2 Å². The van der Waals surface area contributed by atoms with Gasteiger partial charge in [0, 0.05) is 23.7 Å². The second kappa shape index (κ2) is 6.92. The lowest BCUT2D eigenvalue weighted by molar-refractivity contribution is -0.139. The summed E-state index contributed by atoms with van der Waals surface area (Å²) in [6.45, 7) is 1.32. The van der Waals surface area contributed by atoms with Crippen LogP contribution in [0.3, 0.4) is 0 Å². The monoisotopic (exact) mass is 299 g/mol. The van der Waals surface area contributed by atoms with Gasteiger partial charge < -0.3 is 19.5 Å². The van der Waals surface area contributed by atoms with Crippen molar-refractivity contribution >= 4 is 17.5 Å². The lowest BCUT2D eigenvalue weighted by Crippen LogP contribution is -2.47. The van der Waals surface area contributed by atoms with E-state index in [0.29, 0.717) is 30.5 Å². The van der Waals surface area contributed by atoms with E-state index < -0.39 is 0 Å². The van der Waals surface area contributed by atoms with Crippen molar-refractivity contribution in [1.29, 1.82) is 0 Å². The summed E-state index contributed by atoms with van der Waals surface area (Å²) in [6.07, 6.45) is -0.0732. The van der Waals surface area contributed by atoms with Crippen LogP contribution in [0.4, 0.5) is 0 Å². The number of benzene rings is 1. The fourth-order valence-corrected chi connectivity index (χ4v) is 2.41. The van der Waals surface area contributed by atoms with Crippen LogP contribution < -0.4 is 4.74 Å². The summed E-state index contributed by atoms with van der Waals surface area (Å²) in [4.78, 5) is 14.0. The van der Waals surface area contributed by atoms with E-state index in [1.165, 1.54) is 0 Å². The molecule has 110 valence electrons. The van der Waals surface area contributed by atoms with Crippen LogP contribution in [-0.4, -0.2) is 55.4 Å². The summed E-state index contributed by atoms with van der Waals surface area (Å²) in [5.74, 6) is 0.627. The Morgan fingerprint density at radius 1 is 1.60 bits per heavy atom. The highest BCUT2D eigenvalue weighted by Gasteiger charge is 2.24. The van der Waals surface area contributed by atoms with E-state index in [9.17, 15) is 4.79 Å². The number of nitrogens with zero attached hydrogens (tertiary/aromatic N) is 1. The molecule has 1 fully saturated rings. The molecule has 5 nitrogen and oxygen atoms in total. The fourth-order valence-electron chi connectivity index (χ4n) is 2.22. The van der Waals surface area contributed by atoms with Crippen molar-refractivity contribution in [3.05, 3.63) is 28.8 Å². The van der Waals surface area contributed by atoms with Crippen LogP contribution in [0.2, 0.25) is 5.02 Å². The maximum atomic E-state index is 12.3. The minimum atomic E-state index is -0.297. The van der Waals surface area contributed by atoms with Gasteiger partial charge in [0.25, 0.3) is 0 Å². The summed E-state index contributed by atoms with van der Waals surface area (Å²) in [5, 5.41) is 9.67. The molecular weight excluding hydrogens is 282 g/mol. The van der Waals surface area contributed by atoms with Crippen molar-refractivity contribution in [2.45, 2.75) is 12.5 Å². The van der Waals surface area contributed by atoms with Gasteiger partial charge in [-0.2, -0.15) is 0 Å². The first-order chi connectivity index (χ1) is 9.63. The molecule has 20 heavy (non-hydrogen) atoms. The molecule has 1 atom stereocenters. The van der Waals surface area contributed by atoms with Gasteiger partial charge in [0.2, 0.25) is 5.91 Å². The number of ether oxygens (including phenoxy) is 2. The Kier molecular flexibility index (Phi) is 5.23. The molecule has 2 rings (SSSR count). The SMILES string of the molecule is COc1ccc(Cl)cc1CC(=O)N1CCOC(CO)C1. The standard InChI is InChI=1S/C14H18ClNO4/c1-19-13-3-2-11(15)6-10(13)7-14(18)16-4-5-20-12(8-16)9-17/h2-3,6,12,17H,4-5,7-9H2,1H3. The second-order valence-corrected chi connectivity index (χ2v) is 5.08. The Morgan fingerprint density at radius 2 is 2.40 bits per heavy atom. The lowest BCUT2D eigenvalue weighted by atomic mass is 10.1. The molecule has 1 aromatic carbocycles. The number of halogens is 1. The highest BCUT2D eigenvalue weighted by Crippen LogP contribution is 2.23. The van der Waals surface area contributed by atoms with Crippen molar-refractivity contribution in [2.24, 2.45) is 0 Å². The zero-order chi connectivity index (χ0) is 14.5. The molecule has 1 aromatic rings. The molecule has 1 amide bonds. The maximum Gasteiger partial charge on any atom is 0.227 e. The van der Waals surface area contributed by atoms with Gasteiger partial charge in [0.1, 0.15) is 5.75 Å². The zero-order valence-electron chi connectivity index (χ0n) is 11.3. The number of rotatable bonds is 4. The van der Waals surface area contributed by atoms with Crippen LogP contribution in [0.5, 0.6) is 5.75 Å². The lowest BCUT2D eigenvalue weighted by Gasteiger charge is -2.32. The van der Waals surface area contributed by atoms with E-state index in [4.69, 9.17) is 26.2 Å². The summed E-state index contributed by atoms with van der Waals surface area (Å²) in [5.41, 5.74) is 0.761. The predicted molar refractivity (Wildman–Crippen MR) is 75.1 cm³/mol. The Hall–Kier alpha value is -1.30. The third-order valence-corrected chi connectivity index (χ3v) is 3.51.